The van der Waals surface area contributed by atoms with Crippen molar-refractivity contribution < 1.29 is 4.79 Å². The molecule has 0 atom stereocenters. The average Bonchev–Trinajstić information content (AvgIpc) is 2.89. The quantitative estimate of drug-likeness (QED) is 0.928. The van der Waals surface area contributed by atoms with Gasteiger partial charge in [-0.2, -0.15) is 11.3 Å². The Morgan fingerprint density at radius 2 is 2.29 bits per heavy atom. The number of thiophene rings is 2. The van der Waals surface area contributed by atoms with E-state index < -0.39 is 0 Å². The third-order valence-corrected chi connectivity index (χ3v) is 4.30. The Morgan fingerprint density at radius 3 is 2.82 bits per heavy atom. The zero-order valence-electron chi connectivity index (χ0n) is 9.77. The zero-order valence-corrected chi connectivity index (χ0v) is 11.4. The molecule has 0 aliphatic rings. The van der Waals surface area contributed by atoms with Gasteiger partial charge in [-0.3, -0.25) is 4.79 Å². The highest BCUT2D eigenvalue weighted by Gasteiger charge is 2.15. The third kappa shape index (κ3) is 2.68. The number of carbonyl (C=O) groups is 1. The van der Waals surface area contributed by atoms with E-state index >= 15 is 0 Å². The number of amides is 1. The summed E-state index contributed by atoms with van der Waals surface area (Å²) in [7, 11) is 1.81. The van der Waals surface area contributed by atoms with Crippen LogP contribution in [0.25, 0.3) is 0 Å². The second-order valence-electron chi connectivity index (χ2n) is 3.91. The second-order valence-corrected chi connectivity index (χ2v) is 5.95. The van der Waals surface area contributed by atoms with Crippen molar-refractivity contribution in [2.45, 2.75) is 13.5 Å². The van der Waals surface area contributed by atoms with Crippen LogP contribution in [0, 0.1) is 6.92 Å². The zero-order chi connectivity index (χ0) is 12.4. The van der Waals surface area contributed by atoms with Gasteiger partial charge in [-0.05, 0) is 35.4 Å². The molecule has 0 aromatic carbocycles. The van der Waals surface area contributed by atoms with Gasteiger partial charge in [0.1, 0.15) is 0 Å². The lowest BCUT2D eigenvalue weighted by molar-refractivity contribution is 0.0790. The van der Waals surface area contributed by atoms with Crippen LogP contribution in [0.2, 0.25) is 0 Å². The molecule has 0 bridgehead atoms. The molecule has 0 saturated carbocycles. The van der Waals surface area contributed by atoms with Gasteiger partial charge in [0.05, 0.1) is 4.88 Å². The fraction of sp³-hybridized carbons (Fsp3) is 0.250. The molecule has 0 fully saturated rings. The molecule has 17 heavy (non-hydrogen) atoms. The molecular weight excluding hydrogens is 252 g/mol. The van der Waals surface area contributed by atoms with Crippen LogP contribution >= 0.6 is 22.7 Å². The summed E-state index contributed by atoms with van der Waals surface area (Å²) in [5.41, 5.74) is 7.61. The number of nitrogens with zero attached hydrogens (tertiary/aromatic N) is 1. The van der Waals surface area contributed by atoms with Gasteiger partial charge in [-0.25, -0.2) is 0 Å². The van der Waals surface area contributed by atoms with Crippen LogP contribution in [0.15, 0.2) is 22.9 Å². The normalized spacial score (nSPS) is 10.5. The first kappa shape index (κ1) is 12.1. The van der Waals surface area contributed by atoms with Crippen molar-refractivity contribution in [3.05, 3.63) is 38.2 Å². The molecule has 5 heteroatoms. The summed E-state index contributed by atoms with van der Waals surface area (Å²) in [6, 6.07) is 3.79. The Hall–Kier alpha value is -1.33. The molecule has 0 unspecified atom stereocenters. The second kappa shape index (κ2) is 4.89. The number of aryl methyl sites for hydroxylation is 1. The molecule has 3 nitrogen and oxygen atoms in total. The van der Waals surface area contributed by atoms with E-state index in [1.165, 1.54) is 11.3 Å². The third-order valence-electron chi connectivity index (χ3n) is 2.51. The minimum absolute atomic E-state index is 0.0287. The van der Waals surface area contributed by atoms with Gasteiger partial charge in [0.25, 0.3) is 5.91 Å². The Balaban J connectivity index is 2.09. The van der Waals surface area contributed by atoms with Gasteiger partial charge in [0.2, 0.25) is 0 Å². The van der Waals surface area contributed by atoms with Crippen LogP contribution in [-0.2, 0) is 6.54 Å². The lowest BCUT2D eigenvalue weighted by Gasteiger charge is -2.15. The SMILES string of the molecule is Cc1sc(C(=O)N(C)Cc2ccsc2)cc1N. The van der Waals surface area contributed by atoms with Gasteiger partial charge >= 0.3 is 0 Å². The first-order valence-electron chi connectivity index (χ1n) is 5.20. The van der Waals surface area contributed by atoms with Crippen LogP contribution in [0.3, 0.4) is 0 Å². The van der Waals surface area contributed by atoms with Gasteiger partial charge in [-0.1, -0.05) is 0 Å². The van der Waals surface area contributed by atoms with Crippen molar-refractivity contribution in [1.29, 1.82) is 0 Å². The smallest absolute Gasteiger partial charge is 0.264 e. The van der Waals surface area contributed by atoms with Crippen molar-refractivity contribution in [3.8, 4) is 0 Å². The molecule has 1 amide bonds. The first-order valence-corrected chi connectivity index (χ1v) is 6.96. The molecule has 90 valence electrons. The number of carbonyl (C=O) groups excluding carboxylic acids is 1. The summed E-state index contributed by atoms with van der Waals surface area (Å²) in [4.78, 5) is 15.5. The number of anilines is 1. The van der Waals surface area contributed by atoms with Crippen molar-refractivity contribution >= 4 is 34.3 Å². The maximum absolute atomic E-state index is 12.1. The fourth-order valence-corrected chi connectivity index (χ4v) is 3.11. The van der Waals surface area contributed by atoms with Gasteiger partial charge in [0, 0.05) is 24.2 Å². The van der Waals surface area contributed by atoms with E-state index in [0.717, 1.165) is 10.4 Å². The minimum atomic E-state index is 0.0287. The fourth-order valence-electron chi connectivity index (χ4n) is 1.52. The van der Waals surface area contributed by atoms with Crippen molar-refractivity contribution in [2.75, 3.05) is 12.8 Å². The lowest BCUT2D eigenvalue weighted by atomic mass is 10.3. The lowest BCUT2D eigenvalue weighted by Crippen LogP contribution is -2.25. The number of hydrogen-bond donors (Lipinski definition) is 1. The standard InChI is InChI=1S/C12H14N2OS2/c1-8-10(13)5-11(17-8)12(15)14(2)6-9-3-4-16-7-9/h3-5,7H,6,13H2,1-2H3. The summed E-state index contributed by atoms with van der Waals surface area (Å²) < 4.78 is 0. The molecule has 2 rings (SSSR count). The van der Waals surface area contributed by atoms with Crippen molar-refractivity contribution in [3.63, 3.8) is 0 Å². The molecule has 2 aromatic rings. The Kier molecular flexibility index (Phi) is 3.49. The highest BCUT2D eigenvalue weighted by Crippen LogP contribution is 2.24. The average molecular weight is 266 g/mol. The maximum atomic E-state index is 12.1. The highest BCUT2D eigenvalue weighted by molar-refractivity contribution is 7.14. The Bertz CT molecular complexity index is 497. The van der Waals surface area contributed by atoms with E-state index in [-0.39, 0.29) is 5.91 Å². The van der Waals surface area contributed by atoms with Gasteiger partial charge < -0.3 is 10.6 Å². The molecule has 0 saturated heterocycles. The largest absolute Gasteiger partial charge is 0.398 e. The van der Waals surface area contributed by atoms with E-state index in [1.807, 2.05) is 25.4 Å². The number of rotatable bonds is 3. The summed E-state index contributed by atoms with van der Waals surface area (Å²) in [6.45, 7) is 2.56. The van der Waals surface area contributed by atoms with Crippen molar-refractivity contribution in [2.24, 2.45) is 0 Å². The first-order chi connectivity index (χ1) is 8.08. The van der Waals surface area contributed by atoms with Crippen LogP contribution in [0.4, 0.5) is 5.69 Å². The van der Waals surface area contributed by atoms with E-state index in [9.17, 15) is 4.79 Å². The topological polar surface area (TPSA) is 46.3 Å². The van der Waals surface area contributed by atoms with E-state index in [4.69, 9.17) is 5.73 Å². The molecule has 2 heterocycles. The molecular formula is C12H14N2OS2. The number of nitrogens with two attached hydrogens (primary N) is 1. The molecule has 0 aliphatic carbocycles. The summed E-state index contributed by atoms with van der Waals surface area (Å²) >= 11 is 3.09. The van der Waals surface area contributed by atoms with Gasteiger partial charge in [0.15, 0.2) is 0 Å². The predicted molar refractivity (Wildman–Crippen MR) is 73.6 cm³/mol. The monoisotopic (exact) mass is 266 g/mol. The Labute approximate surface area is 108 Å². The molecule has 0 radical (unpaired) electrons. The highest BCUT2D eigenvalue weighted by atomic mass is 32.1. The summed E-state index contributed by atoms with van der Waals surface area (Å²) in [6.07, 6.45) is 0. The summed E-state index contributed by atoms with van der Waals surface area (Å²) in [5, 5.41) is 4.07. The van der Waals surface area contributed by atoms with E-state index in [0.29, 0.717) is 17.1 Å². The molecule has 0 spiro atoms. The number of hydrogen-bond acceptors (Lipinski definition) is 4. The Morgan fingerprint density at radius 1 is 1.53 bits per heavy atom. The van der Waals surface area contributed by atoms with Gasteiger partial charge in [-0.15, -0.1) is 11.3 Å². The predicted octanol–water partition coefficient (Wildman–Crippen LogP) is 2.97. The van der Waals surface area contributed by atoms with Crippen LogP contribution < -0.4 is 5.73 Å². The van der Waals surface area contributed by atoms with E-state index in [2.05, 4.69) is 5.38 Å². The maximum Gasteiger partial charge on any atom is 0.264 e. The summed E-state index contributed by atoms with van der Waals surface area (Å²) in [5.74, 6) is 0.0287. The molecule has 2 N–H and O–H groups in total. The molecule has 2 aromatic heterocycles. The van der Waals surface area contributed by atoms with Crippen LogP contribution in [-0.4, -0.2) is 17.9 Å². The van der Waals surface area contributed by atoms with E-state index in [1.54, 1.807) is 22.3 Å². The van der Waals surface area contributed by atoms with Crippen LogP contribution in [0.1, 0.15) is 20.1 Å². The van der Waals surface area contributed by atoms with Crippen molar-refractivity contribution in [1.82, 2.24) is 4.90 Å². The minimum Gasteiger partial charge on any atom is -0.398 e. The number of nitrogen functional groups attached to an aromatic ring is 1. The van der Waals surface area contributed by atoms with Crippen LogP contribution in [0.5, 0.6) is 0 Å². The molecule has 0 aliphatic heterocycles.